The number of benzene rings is 1. The Kier molecular flexibility index (Phi) is 4.76. The van der Waals surface area contributed by atoms with Crippen LogP contribution in [-0.2, 0) is 11.3 Å². The molecule has 6 heteroatoms. The Hall–Kier alpha value is -3.02. The number of non-ortho nitro benzene ring substituents is 1. The number of nitrogens with zero attached hydrogens (tertiary/aromatic N) is 2. The van der Waals surface area contributed by atoms with E-state index in [0.29, 0.717) is 6.54 Å². The van der Waals surface area contributed by atoms with Crippen molar-refractivity contribution in [3.63, 3.8) is 0 Å². The predicted octanol–water partition coefficient (Wildman–Crippen LogP) is 2.32. The zero-order valence-electron chi connectivity index (χ0n) is 11.1. The smallest absolute Gasteiger partial charge is 0.269 e. The van der Waals surface area contributed by atoms with Crippen molar-refractivity contribution in [2.45, 2.75) is 6.54 Å². The van der Waals surface area contributed by atoms with Crippen molar-refractivity contribution < 1.29 is 9.72 Å². The summed E-state index contributed by atoms with van der Waals surface area (Å²) >= 11 is 0. The third-order valence-electron chi connectivity index (χ3n) is 2.75. The highest BCUT2D eigenvalue weighted by molar-refractivity contribution is 5.91. The molecule has 106 valence electrons. The largest absolute Gasteiger partial charge is 0.348 e. The van der Waals surface area contributed by atoms with Crippen LogP contribution in [0.4, 0.5) is 5.69 Å². The second kappa shape index (κ2) is 6.95. The van der Waals surface area contributed by atoms with Gasteiger partial charge < -0.3 is 5.32 Å². The summed E-state index contributed by atoms with van der Waals surface area (Å²) in [7, 11) is 0. The first-order valence-corrected chi connectivity index (χ1v) is 6.24. The molecule has 2 aromatic rings. The van der Waals surface area contributed by atoms with Crippen LogP contribution in [0.2, 0.25) is 0 Å². The maximum Gasteiger partial charge on any atom is 0.269 e. The molecule has 0 fully saturated rings. The zero-order valence-corrected chi connectivity index (χ0v) is 11.1. The highest BCUT2D eigenvalue weighted by Crippen LogP contribution is 2.12. The minimum atomic E-state index is -0.463. The standard InChI is InChI=1S/C15H13N3O3/c19-15(17-11-13-7-9-16-10-8-13)6-3-12-1-4-14(5-2-12)18(20)21/h1-10H,11H2,(H,17,19)/b6-3+. The molecule has 0 saturated heterocycles. The van der Waals surface area contributed by atoms with Gasteiger partial charge in [-0.05, 0) is 41.5 Å². The molecule has 0 radical (unpaired) electrons. The Bertz CT molecular complexity index is 652. The van der Waals surface area contributed by atoms with E-state index >= 15 is 0 Å². The summed E-state index contributed by atoms with van der Waals surface area (Å²) in [5, 5.41) is 13.3. The summed E-state index contributed by atoms with van der Waals surface area (Å²) in [6.45, 7) is 0.423. The van der Waals surface area contributed by atoms with Gasteiger partial charge in [0.25, 0.3) is 5.69 Å². The molecule has 0 saturated carbocycles. The maximum absolute atomic E-state index is 11.6. The molecule has 0 aliphatic rings. The number of rotatable bonds is 5. The molecule has 0 aliphatic heterocycles. The molecule has 1 aromatic carbocycles. The van der Waals surface area contributed by atoms with E-state index in [4.69, 9.17) is 0 Å². The number of nitro benzene ring substituents is 1. The van der Waals surface area contributed by atoms with Gasteiger partial charge in [0.2, 0.25) is 5.91 Å². The van der Waals surface area contributed by atoms with Gasteiger partial charge in [0.05, 0.1) is 4.92 Å². The summed E-state index contributed by atoms with van der Waals surface area (Å²) in [5.74, 6) is -0.231. The molecule has 1 amide bonds. The topological polar surface area (TPSA) is 85.1 Å². The van der Waals surface area contributed by atoms with E-state index in [1.54, 1.807) is 30.6 Å². The second-order valence-electron chi connectivity index (χ2n) is 4.26. The number of nitrogens with one attached hydrogen (secondary N) is 1. The van der Waals surface area contributed by atoms with Crippen LogP contribution in [0.25, 0.3) is 6.08 Å². The third-order valence-corrected chi connectivity index (χ3v) is 2.75. The average molecular weight is 283 g/mol. The summed E-state index contributed by atoms with van der Waals surface area (Å²) in [6, 6.07) is 9.61. The average Bonchev–Trinajstić information content (AvgIpc) is 2.52. The number of hydrogen-bond donors (Lipinski definition) is 1. The number of carbonyl (C=O) groups is 1. The van der Waals surface area contributed by atoms with Gasteiger partial charge >= 0.3 is 0 Å². The van der Waals surface area contributed by atoms with Gasteiger partial charge in [0, 0.05) is 37.1 Å². The number of aromatic nitrogens is 1. The molecule has 0 spiro atoms. The lowest BCUT2D eigenvalue weighted by atomic mass is 10.2. The summed E-state index contributed by atoms with van der Waals surface area (Å²) < 4.78 is 0. The fourth-order valence-corrected chi connectivity index (χ4v) is 1.63. The first-order valence-electron chi connectivity index (χ1n) is 6.24. The van der Waals surface area contributed by atoms with Gasteiger partial charge in [-0.2, -0.15) is 0 Å². The molecule has 0 bridgehead atoms. The van der Waals surface area contributed by atoms with E-state index in [-0.39, 0.29) is 11.6 Å². The van der Waals surface area contributed by atoms with Gasteiger partial charge in [-0.3, -0.25) is 19.9 Å². The van der Waals surface area contributed by atoms with Crippen molar-refractivity contribution >= 4 is 17.7 Å². The number of carbonyl (C=O) groups excluding carboxylic acids is 1. The molecule has 1 aromatic heterocycles. The van der Waals surface area contributed by atoms with Crippen LogP contribution in [0.5, 0.6) is 0 Å². The van der Waals surface area contributed by atoms with Crippen LogP contribution >= 0.6 is 0 Å². The lowest BCUT2D eigenvalue weighted by Gasteiger charge is -2.01. The molecule has 21 heavy (non-hydrogen) atoms. The predicted molar refractivity (Wildman–Crippen MR) is 78.2 cm³/mol. The zero-order chi connectivity index (χ0) is 15.1. The Labute approximate surface area is 121 Å². The van der Waals surface area contributed by atoms with Gasteiger partial charge in [-0.15, -0.1) is 0 Å². The molecule has 2 rings (SSSR count). The maximum atomic E-state index is 11.6. The minimum absolute atomic E-state index is 0.0225. The number of hydrogen-bond acceptors (Lipinski definition) is 4. The number of nitro groups is 1. The van der Waals surface area contributed by atoms with E-state index < -0.39 is 4.92 Å². The van der Waals surface area contributed by atoms with Gasteiger partial charge in [0.1, 0.15) is 0 Å². The molecule has 6 nitrogen and oxygen atoms in total. The van der Waals surface area contributed by atoms with E-state index in [0.717, 1.165) is 11.1 Å². The molecule has 1 N–H and O–H groups in total. The SMILES string of the molecule is O=C(/C=C/c1ccc([N+](=O)[O-])cc1)NCc1ccncc1. The molecule has 0 atom stereocenters. The summed E-state index contributed by atoms with van der Waals surface area (Å²) in [4.78, 5) is 25.6. The lowest BCUT2D eigenvalue weighted by Crippen LogP contribution is -2.20. The van der Waals surface area contributed by atoms with E-state index in [2.05, 4.69) is 10.3 Å². The molecular formula is C15H13N3O3. The molecule has 0 aliphatic carbocycles. The van der Waals surface area contributed by atoms with E-state index in [1.807, 2.05) is 12.1 Å². The molecular weight excluding hydrogens is 270 g/mol. The van der Waals surface area contributed by atoms with Crippen LogP contribution in [0.15, 0.2) is 54.9 Å². The fourth-order valence-electron chi connectivity index (χ4n) is 1.63. The van der Waals surface area contributed by atoms with Gasteiger partial charge in [-0.1, -0.05) is 0 Å². The Morgan fingerprint density at radius 3 is 2.48 bits per heavy atom. The normalized spacial score (nSPS) is 10.5. The Morgan fingerprint density at radius 1 is 1.19 bits per heavy atom. The number of pyridine rings is 1. The third kappa shape index (κ3) is 4.54. The van der Waals surface area contributed by atoms with Crippen LogP contribution in [0, 0.1) is 10.1 Å². The fraction of sp³-hybridized carbons (Fsp3) is 0.0667. The van der Waals surface area contributed by atoms with Crippen LogP contribution in [-0.4, -0.2) is 15.8 Å². The first-order chi connectivity index (χ1) is 10.1. The van der Waals surface area contributed by atoms with Gasteiger partial charge in [0.15, 0.2) is 0 Å². The highest BCUT2D eigenvalue weighted by atomic mass is 16.6. The van der Waals surface area contributed by atoms with Gasteiger partial charge in [-0.25, -0.2) is 0 Å². The molecule has 0 unspecified atom stereocenters. The number of amides is 1. The first kappa shape index (κ1) is 14.4. The summed E-state index contributed by atoms with van der Waals surface area (Å²) in [6.07, 6.45) is 6.32. The van der Waals surface area contributed by atoms with Crippen LogP contribution < -0.4 is 5.32 Å². The summed E-state index contributed by atoms with van der Waals surface area (Å²) in [5.41, 5.74) is 1.70. The Balaban J connectivity index is 1.88. The van der Waals surface area contributed by atoms with Crippen molar-refractivity contribution in [2.75, 3.05) is 0 Å². The van der Waals surface area contributed by atoms with Crippen molar-refractivity contribution in [1.29, 1.82) is 0 Å². The van der Waals surface area contributed by atoms with Crippen molar-refractivity contribution in [2.24, 2.45) is 0 Å². The van der Waals surface area contributed by atoms with Crippen molar-refractivity contribution in [3.05, 3.63) is 76.1 Å². The van der Waals surface area contributed by atoms with Crippen LogP contribution in [0.1, 0.15) is 11.1 Å². The quantitative estimate of drug-likeness (QED) is 0.518. The minimum Gasteiger partial charge on any atom is -0.348 e. The van der Waals surface area contributed by atoms with Crippen molar-refractivity contribution in [3.8, 4) is 0 Å². The second-order valence-corrected chi connectivity index (χ2v) is 4.26. The van der Waals surface area contributed by atoms with E-state index in [9.17, 15) is 14.9 Å². The van der Waals surface area contributed by atoms with Crippen molar-refractivity contribution in [1.82, 2.24) is 10.3 Å². The van der Waals surface area contributed by atoms with E-state index in [1.165, 1.54) is 18.2 Å². The molecule has 1 heterocycles. The Morgan fingerprint density at radius 2 is 1.86 bits per heavy atom. The lowest BCUT2D eigenvalue weighted by molar-refractivity contribution is -0.384. The monoisotopic (exact) mass is 283 g/mol. The van der Waals surface area contributed by atoms with Crippen LogP contribution in [0.3, 0.4) is 0 Å². The highest BCUT2D eigenvalue weighted by Gasteiger charge is 2.02.